The van der Waals surface area contributed by atoms with Crippen molar-refractivity contribution in [1.29, 1.82) is 0 Å². The van der Waals surface area contributed by atoms with E-state index < -0.39 is 6.43 Å². The Morgan fingerprint density at radius 3 is 2.65 bits per heavy atom. The van der Waals surface area contributed by atoms with Crippen molar-refractivity contribution >= 4 is 21.6 Å². The fourth-order valence-electron chi connectivity index (χ4n) is 1.54. The third-order valence-electron chi connectivity index (χ3n) is 2.41. The number of hydrogen-bond acceptors (Lipinski definition) is 2. The number of anilines is 1. The molecule has 0 amide bonds. The molecule has 5 heteroatoms. The average molecular weight is 307 g/mol. The third kappa shape index (κ3) is 4.60. The standard InChI is InChI=1S/C12H17BrF2N2/c1-3-16-7-9-4-5-11(10(13)6-9)17(2)8-12(14)15/h4-6,12,16H,3,7-8H2,1-2H3. The van der Waals surface area contributed by atoms with E-state index in [4.69, 9.17) is 0 Å². The quantitative estimate of drug-likeness (QED) is 0.868. The maximum atomic E-state index is 12.3. The van der Waals surface area contributed by atoms with Gasteiger partial charge in [0.05, 0.1) is 12.2 Å². The lowest BCUT2D eigenvalue weighted by Gasteiger charge is -2.20. The Bertz CT molecular complexity index is 358. The topological polar surface area (TPSA) is 15.3 Å². The van der Waals surface area contributed by atoms with E-state index in [-0.39, 0.29) is 6.54 Å². The molecule has 0 atom stereocenters. The largest absolute Gasteiger partial charge is 0.368 e. The molecule has 0 saturated heterocycles. The minimum absolute atomic E-state index is 0.259. The third-order valence-corrected chi connectivity index (χ3v) is 3.05. The summed E-state index contributed by atoms with van der Waals surface area (Å²) in [5.74, 6) is 0. The first-order chi connectivity index (χ1) is 8.04. The number of halogens is 3. The highest BCUT2D eigenvalue weighted by molar-refractivity contribution is 9.10. The summed E-state index contributed by atoms with van der Waals surface area (Å²) < 4.78 is 25.4. The molecule has 0 aromatic heterocycles. The number of nitrogens with one attached hydrogen (secondary N) is 1. The van der Waals surface area contributed by atoms with E-state index in [1.165, 1.54) is 0 Å². The molecule has 1 aromatic rings. The van der Waals surface area contributed by atoms with Gasteiger partial charge in [-0.15, -0.1) is 0 Å². The lowest BCUT2D eigenvalue weighted by molar-refractivity contribution is 0.156. The number of nitrogens with zero attached hydrogens (tertiary/aromatic N) is 1. The van der Waals surface area contributed by atoms with Gasteiger partial charge in [0.1, 0.15) is 0 Å². The number of hydrogen-bond donors (Lipinski definition) is 1. The normalized spacial score (nSPS) is 10.9. The van der Waals surface area contributed by atoms with Crippen molar-refractivity contribution in [3.63, 3.8) is 0 Å². The van der Waals surface area contributed by atoms with Crippen molar-refractivity contribution < 1.29 is 8.78 Å². The van der Waals surface area contributed by atoms with Crippen LogP contribution in [0.3, 0.4) is 0 Å². The maximum absolute atomic E-state index is 12.3. The summed E-state index contributed by atoms with van der Waals surface area (Å²) >= 11 is 3.42. The SMILES string of the molecule is CCNCc1ccc(N(C)CC(F)F)c(Br)c1. The Kier molecular flexibility index (Phi) is 5.85. The Labute approximate surface area is 109 Å². The van der Waals surface area contributed by atoms with Crippen LogP contribution >= 0.6 is 15.9 Å². The van der Waals surface area contributed by atoms with Crippen LogP contribution < -0.4 is 10.2 Å². The summed E-state index contributed by atoms with van der Waals surface area (Å²) in [6.45, 7) is 3.48. The summed E-state index contributed by atoms with van der Waals surface area (Å²) in [4.78, 5) is 1.55. The van der Waals surface area contributed by atoms with Crippen molar-refractivity contribution in [3.8, 4) is 0 Å². The van der Waals surface area contributed by atoms with E-state index in [0.717, 1.165) is 28.8 Å². The molecule has 0 heterocycles. The fraction of sp³-hybridized carbons (Fsp3) is 0.500. The molecule has 96 valence electrons. The van der Waals surface area contributed by atoms with Gasteiger partial charge in [0.2, 0.25) is 0 Å². The van der Waals surface area contributed by atoms with E-state index in [1.807, 2.05) is 25.1 Å². The van der Waals surface area contributed by atoms with Gasteiger partial charge in [0.25, 0.3) is 6.43 Å². The smallest absolute Gasteiger partial charge is 0.255 e. The minimum atomic E-state index is -2.33. The second kappa shape index (κ2) is 6.91. The molecule has 2 nitrogen and oxygen atoms in total. The Hall–Kier alpha value is -0.680. The zero-order valence-corrected chi connectivity index (χ0v) is 11.6. The molecule has 0 bridgehead atoms. The highest BCUT2D eigenvalue weighted by Gasteiger charge is 2.11. The molecule has 0 radical (unpaired) electrons. The van der Waals surface area contributed by atoms with Crippen LogP contribution in [-0.2, 0) is 6.54 Å². The van der Waals surface area contributed by atoms with Gasteiger partial charge in [-0.2, -0.15) is 0 Å². The first-order valence-corrected chi connectivity index (χ1v) is 6.32. The molecular formula is C12H17BrF2N2. The van der Waals surface area contributed by atoms with Gasteiger partial charge in [-0.25, -0.2) is 8.78 Å². The van der Waals surface area contributed by atoms with E-state index >= 15 is 0 Å². The molecule has 1 rings (SSSR count). The van der Waals surface area contributed by atoms with Crippen molar-refractivity contribution in [2.75, 3.05) is 25.0 Å². The monoisotopic (exact) mass is 306 g/mol. The first-order valence-electron chi connectivity index (χ1n) is 5.53. The van der Waals surface area contributed by atoms with Crippen LogP contribution in [0.1, 0.15) is 12.5 Å². The van der Waals surface area contributed by atoms with Gasteiger partial charge in [-0.05, 0) is 40.2 Å². The number of rotatable bonds is 6. The average Bonchev–Trinajstić information content (AvgIpc) is 2.25. The van der Waals surface area contributed by atoms with Crippen LogP contribution in [0.15, 0.2) is 22.7 Å². The lowest BCUT2D eigenvalue weighted by Crippen LogP contribution is -2.24. The molecule has 0 fully saturated rings. The minimum Gasteiger partial charge on any atom is -0.368 e. The number of alkyl halides is 2. The Morgan fingerprint density at radius 1 is 1.41 bits per heavy atom. The van der Waals surface area contributed by atoms with E-state index in [0.29, 0.717) is 0 Å². The van der Waals surface area contributed by atoms with Gasteiger partial charge < -0.3 is 10.2 Å². The second-order valence-corrected chi connectivity index (χ2v) is 4.69. The van der Waals surface area contributed by atoms with E-state index in [1.54, 1.807) is 11.9 Å². The molecule has 0 aliphatic carbocycles. The molecule has 1 aromatic carbocycles. The van der Waals surface area contributed by atoms with Crippen LogP contribution in [0.5, 0.6) is 0 Å². The van der Waals surface area contributed by atoms with E-state index in [2.05, 4.69) is 21.2 Å². The van der Waals surface area contributed by atoms with Gasteiger partial charge >= 0.3 is 0 Å². The molecule has 0 spiro atoms. The van der Waals surface area contributed by atoms with Crippen molar-refractivity contribution in [3.05, 3.63) is 28.2 Å². The number of benzene rings is 1. The van der Waals surface area contributed by atoms with Gasteiger partial charge in [0, 0.05) is 18.1 Å². The summed E-state index contributed by atoms with van der Waals surface area (Å²) in [6, 6.07) is 5.77. The molecule has 0 saturated carbocycles. The van der Waals surface area contributed by atoms with E-state index in [9.17, 15) is 8.78 Å². The first kappa shape index (κ1) is 14.4. The molecule has 0 aliphatic rings. The van der Waals surface area contributed by atoms with Crippen LogP contribution in [0.4, 0.5) is 14.5 Å². The molecule has 1 N–H and O–H groups in total. The maximum Gasteiger partial charge on any atom is 0.255 e. The lowest BCUT2D eigenvalue weighted by atomic mass is 10.2. The van der Waals surface area contributed by atoms with Crippen LogP contribution in [-0.4, -0.2) is 26.6 Å². The van der Waals surface area contributed by atoms with Crippen LogP contribution in [0, 0.1) is 0 Å². The fourth-order valence-corrected chi connectivity index (χ4v) is 2.27. The molecule has 0 unspecified atom stereocenters. The Morgan fingerprint density at radius 2 is 2.12 bits per heavy atom. The molecule has 17 heavy (non-hydrogen) atoms. The zero-order valence-electron chi connectivity index (χ0n) is 10.0. The van der Waals surface area contributed by atoms with Gasteiger partial charge in [-0.1, -0.05) is 13.0 Å². The van der Waals surface area contributed by atoms with Crippen molar-refractivity contribution in [1.82, 2.24) is 5.32 Å². The summed E-state index contributed by atoms with van der Waals surface area (Å²) in [7, 11) is 1.66. The predicted molar refractivity (Wildman–Crippen MR) is 70.8 cm³/mol. The van der Waals surface area contributed by atoms with Crippen molar-refractivity contribution in [2.24, 2.45) is 0 Å². The summed E-state index contributed by atoms with van der Waals surface area (Å²) in [5.41, 5.74) is 1.92. The van der Waals surface area contributed by atoms with Crippen LogP contribution in [0.2, 0.25) is 0 Å². The highest BCUT2D eigenvalue weighted by atomic mass is 79.9. The molecular weight excluding hydrogens is 290 g/mol. The Balaban J connectivity index is 2.74. The van der Waals surface area contributed by atoms with Gasteiger partial charge in [-0.3, -0.25) is 0 Å². The summed E-state index contributed by atoms with van der Waals surface area (Å²) in [5, 5.41) is 3.22. The van der Waals surface area contributed by atoms with Crippen LogP contribution in [0.25, 0.3) is 0 Å². The summed E-state index contributed by atoms with van der Waals surface area (Å²) in [6.07, 6.45) is -2.33. The second-order valence-electron chi connectivity index (χ2n) is 3.84. The van der Waals surface area contributed by atoms with Gasteiger partial charge in [0.15, 0.2) is 0 Å². The predicted octanol–water partition coefficient (Wildman–Crippen LogP) is 3.26. The van der Waals surface area contributed by atoms with Crippen molar-refractivity contribution in [2.45, 2.75) is 19.9 Å². The molecule has 0 aliphatic heterocycles. The highest BCUT2D eigenvalue weighted by Crippen LogP contribution is 2.27. The zero-order chi connectivity index (χ0) is 12.8.